The zero-order chi connectivity index (χ0) is 16.3. The Bertz CT molecular complexity index is 824. The molecule has 0 fully saturated rings. The van der Waals surface area contributed by atoms with Crippen molar-refractivity contribution in [2.24, 2.45) is 0 Å². The van der Waals surface area contributed by atoms with Crippen LogP contribution in [0.5, 0.6) is 11.5 Å². The van der Waals surface area contributed by atoms with Crippen molar-refractivity contribution in [1.82, 2.24) is 4.98 Å². The largest absolute Gasteiger partial charge is 0.494 e. The molecule has 0 N–H and O–H groups in total. The molecule has 0 amide bonds. The van der Waals surface area contributed by atoms with Crippen LogP contribution >= 0.6 is 0 Å². The first-order valence-electron chi connectivity index (χ1n) is 5.72. The third-order valence-corrected chi connectivity index (χ3v) is 3.77. The highest BCUT2D eigenvalue weighted by Crippen LogP contribution is 2.28. The van der Waals surface area contributed by atoms with Gasteiger partial charge < -0.3 is 19.0 Å². The van der Waals surface area contributed by atoms with E-state index in [0.29, 0.717) is 6.07 Å². The number of hydrogen-bond acceptors (Lipinski definition) is 7. The number of rotatable bonds is 5. The lowest BCUT2D eigenvalue weighted by Gasteiger charge is -2.08. The minimum atomic E-state index is -4.46. The number of nitrogens with zero attached hydrogens (tertiary/aromatic N) is 2. The fourth-order valence-electron chi connectivity index (χ4n) is 1.55. The van der Waals surface area contributed by atoms with Gasteiger partial charge in [-0.15, -0.1) is 0 Å². The maximum absolute atomic E-state index is 13.6. The lowest BCUT2D eigenvalue weighted by atomic mass is 10.3. The first kappa shape index (κ1) is 15.6. The van der Waals surface area contributed by atoms with Crippen molar-refractivity contribution in [2.75, 3.05) is 7.11 Å². The van der Waals surface area contributed by atoms with Crippen LogP contribution < -0.4 is 8.92 Å². The van der Waals surface area contributed by atoms with E-state index in [-0.39, 0.29) is 5.75 Å². The van der Waals surface area contributed by atoms with Crippen molar-refractivity contribution in [3.05, 3.63) is 52.5 Å². The van der Waals surface area contributed by atoms with Gasteiger partial charge >= 0.3 is 15.9 Å². The molecule has 1 aromatic heterocycles. The summed E-state index contributed by atoms with van der Waals surface area (Å²) >= 11 is 0. The average molecular weight is 328 g/mol. The molecule has 0 spiro atoms. The second-order valence-electron chi connectivity index (χ2n) is 3.92. The smallest absolute Gasteiger partial charge is 0.407 e. The minimum absolute atomic E-state index is 0.147. The van der Waals surface area contributed by atoms with Crippen molar-refractivity contribution < 1.29 is 26.7 Å². The molecular weight excluding hydrogens is 319 g/mol. The van der Waals surface area contributed by atoms with E-state index in [1.807, 2.05) is 0 Å². The molecule has 116 valence electrons. The van der Waals surface area contributed by atoms with Gasteiger partial charge in [0.05, 0.1) is 7.11 Å². The van der Waals surface area contributed by atoms with E-state index in [1.165, 1.54) is 13.2 Å². The number of hydrogen-bond donors (Lipinski definition) is 0. The zero-order valence-electron chi connectivity index (χ0n) is 11.1. The predicted octanol–water partition coefficient (Wildman–Crippen LogP) is 1.91. The van der Waals surface area contributed by atoms with Crippen LogP contribution in [0.15, 0.2) is 41.4 Å². The highest BCUT2D eigenvalue weighted by molar-refractivity contribution is 7.87. The van der Waals surface area contributed by atoms with E-state index in [0.717, 1.165) is 24.4 Å². The normalized spacial score (nSPS) is 11.0. The van der Waals surface area contributed by atoms with Gasteiger partial charge in [-0.25, -0.2) is 4.39 Å². The number of ether oxygens (including phenoxy) is 1. The van der Waals surface area contributed by atoms with Gasteiger partial charge in [-0.3, -0.25) is 0 Å². The highest BCUT2D eigenvalue weighted by Gasteiger charge is 2.24. The van der Waals surface area contributed by atoms with Gasteiger partial charge in [0.1, 0.15) is 11.1 Å². The molecule has 10 heteroatoms. The van der Waals surface area contributed by atoms with Crippen LogP contribution in [0.1, 0.15) is 0 Å². The van der Waals surface area contributed by atoms with Crippen molar-refractivity contribution in [3.8, 4) is 11.5 Å². The van der Waals surface area contributed by atoms with Gasteiger partial charge in [-0.2, -0.15) is 8.42 Å². The Morgan fingerprint density at radius 2 is 2.00 bits per heavy atom. The van der Waals surface area contributed by atoms with E-state index in [2.05, 4.69) is 13.9 Å². The number of pyridine rings is 1. The zero-order valence-corrected chi connectivity index (χ0v) is 11.9. The van der Waals surface area contributed by atoms with Crippen LogP contribution in [0, 0.1) is 15.9 Å². The SMILES string of the molecule is COc1ccc(S(=O)(=O)Oc2cccnc2[N+](=O)[O-])cc1F. The Morgan fingerprint density at radius 3 is 2.59 bits per heavy atom. The standard InChI is InChI=1S/C12H9FN2O6S/c1-20-10-5-4-8(7-9(10)13)22(18,19)21-11-3-2-6-14-12(11)15(16)17/h2-7H,1H3. The summed E-state index contributed by atoms with van der Waals surface area (Å²) in [6, 6.07) is 5.19. The molecule has 0 aliphatic carbocycles. The van der Waals surface area contributed by atoms with Crippen LogP contribution in [-0.2, 0) is 10.1 Å². The van der Waals surface area contributed by atoms with Crippen molar-refractivity contribution in [2.45, 2.75) is 4.90 Å². The molecule has 0 radical (unpaired) electrons. The summed E-state index contributed by atoms with van der Waals surface area (Å²) in [5, 5.41) is 10.8. The average Bonchev–Trinajstić information content (AvgIpc) is 2.47. The molecule has 0 bridgehead atoms. The molecule has 22 heavy (non-hydrogen) atoms. The molecule has 2 aromatic rings. The van der Waals surface area contributed by atoms with Crippen molar-refractivity contribution in [3.63, 3.8) is 0 Å². The van der Waals surface area contributed by atoms with Crippen LogP contribution in [0.25, 0.3) is 0 Å². The van der Waals surface area contributed by atoms with E-state index < -0.39 is 37.3 Å². The summed E-state index contributed by atoms with van der Waals surface area (Å²) in [5.74, 6) is -2.39. The van der Waals surface area contributed by atoms with E-state index in [4.69, 9.17) is 0 Å². The molecule has 0 unspecified atom stereocenters. The lowest BCUT2D eigenvalue weighted by Crippen LogP contribution is -2.11. The molecule has 8 nitrogen and oxygen atoms in total. The Kier molecular flexibility index (Phi) is 4.22. The molecule has 0 aliphatic heterocycles. The molecule has 0 atom stereocenters. The number of aromatic nitrogens is 1. The van der Waals surface area contributed by atoms with Gasteiger partial charge in [0.2, 0.25) is 5.75 Å². The summed E-state index contributed by atoms with van der Waals surface area (Å²) in [5.41, 5.74) is 0. The predicted molar refractivity (Wildman–Crippen MR) is 71.7 cm³/mol. The van der Waals surface area contributed by atoms with Gasteiger partial charge in [-0.1, -0.05) is 0 Å². The summed E-state index contributed by atoms with van der Waals surface area (Å²) in [4.78, 5) is 12.8. The molecular formula is C12H9FN2O6S. The Hall–Kier alpha value is -2.75. The molecule has 0 saturated carbocycles. The highest BCUT2D eigenvalue weighted by atomic mass is 32.2. The van der Waals surface area contributed by atoms with Crippen LogP contribution in [0.4, 0.5) is 10.2 Å². The van der Waals surface area contributed by atoms with Gasteiger partial charge in [-0.05, 0) is 40.2 Å². The van der Waals surface area contributed by atoms with Crippen LogP contribution in [0.2, 0.25) is 0 Å². The summed E-state index contributed by atoms with van der Waals surface area (Å²) in [7, 11) is -3.23. The van der Waals surface area contributed by atoms with E-state index >= 15 is 0 Å². The summed E-state index contributed by atoms with van der Waals surface area (Å²) in [6.07, 6.45) is 1.12. The first-order chi connectivity index (χ1) is 10.3. The lowest BCUT2D eigenvalue weighted by molar-refractivity contribution is -0.390. The monoisotopic (exact) mass is 328 g/mol. The Morgan fingerprint density at radius 1 is 1.27 bits per heavy atom. The van der Waals surface area contributed by atoms with Crippen molar-refractivity contribution in [1.29, 1.82) is 0 Å². The quantitative estimate of drug-likeness (QED) is 0.468. The number of halogens is 1. The fraction of sp³-hybridized carbons (Fsp3) is 0.0833. The molecule has 1 heterocycles. The Balaban J connectivity index is 2.40. The first-order valence-corrected chi connectivity index (χ1v) is 7.13. The molecule has 2 rings (SSSR count). The third kappa shape index (κ3) is 3.11. The van der Waals surface area contributed by atoms with Gasteiger partial charge in [0.25, 0.3) is 0 Å². The van der Waals surface area contributed by atoms with E-state index in [9.17, 15) is 22.9 Å². The number of benzene rings is 1. The second kappa shape index (κ2) is 5.93. The number of nitro groups is 1. The topological polar surface area (TPSA) is 109 Å². The van der Waals surface area contributed by atoms with Crippen molar-refractivity contribution >= 4 is 15.9 Å². The number of methoxy groups -OCH3 is 1. The fourth-order valence-corrected chi connectivity index (χ4v) is 2.50. The summed E-state index contributed by atoms with van der Waals surface area (Å²) < 4.78 is 47.0. The summed E-state index contributed by atoms with van der Waals surface area (Å²) in [6.45, 7) is 0. The Labute approximate surface area is 124 Å². The minimum Gasteiger partial charge on any atom is -0.494 e. The van der Waals surface area contributed by atoms with Gasteiger partial charge in [0.15, 0.2) is 11.6 Å². The maximum Gasteiger partial charge on any atom is 0.407 e. The van der Waals surface area contributed by atoms with E-state index in [1.54, 1.807) is 0 Å². The van der Waals surface area contributed by atoms with Crippen LogP contribution in [-0.4, -0.2) is 25.4 Å². The third-order valence-electron chi connectivity index (χ3n) is 2.54. The van der Waals surface area contributed by atoms with Gasteiger partial charge in [0, 0.05) is 0 Å². The molecule has 0 aliphatic rings. The molecule has 1 aromatic carbocycles. The molecule has 0 saturated heterocycles. The maximum atomic E-state index is 13.6. The second-order valence-corrected chi connectivity index (χ2v) is 5.46. The van der Waals surface area contributed by atoms with Crippen LogP contribution in [0.3, 0.4) is 0 Å².